The maximum atomic E-state index is 13.5. The minimum Gasteiger partial charge on any atom is -0.463 e. The van der Waals surface area contributed by atoms with E-state index in [0.717, 1.165) is 36.0 Å². The number of amides is 2. The molecule has 0 spiro atoms. The Kier molecular flexibility index (Phi) is 11.3. The minimum absolute atomic E-state index is 0.00532. The monoisotopic (exact) mass is 548 g/mol. The molecular weight excluding hydrogens is 508 g/mol. The molecule has 0 bridgehead atoms. The van der Waals surface area contributed by atoms with Crippen LogP contribution in [0.3, 0.4) is 0 Å². The Bertz CT molecular complexity index is 1150. The van der Waals surface area contributed by atoms with Crippen molar-refractivity contribution in [3.63, 3.8) is 0 Å². The van der Waals surface area contributed by atoms with Gasteiger partial charge in [-0.25, -0.2) is 0 Å². The van der Waals surface area contributed by atoms with Crippen LogP contribution in [0.1, 0.15) is 55.2 Å². The number of carbonyl (C=O) groups is 3. The van der Waals surface area contributed by atoms with Gasteiger partial charge in [-0.3, -0.25) is 14.4 Å². The Hall–Kier alpha value is -3.49. The molecule has 0 aliphatic carbocycles. The lowest BCUT2D eigenvalue weighted by Gasteiger charge is -2.36. The first-order chi connectivity index (χ1) is 19.5. The number of ether oxygens (including phenoxy) is 2. The third kappa shape index (κ3) is 8.76. The summed E-state index contributed by atoms with van der Waals surface area (Å²) in [6, 6.07) is 16.8. The Morgan fingerprint density at radius 1 is 1.02 bits per heavy atom. The summed E-state index contributed by atoms with van der Waals surface area (Å²) in [6.45, 7) is 0.815. The molecule has 2 aromatic rings. The zero-order valence-corrected chi connectivity index (χ0v) is 23.0. The lowest BCUT2D eigenvalue weighted by molar-refractivity contribution is -0.146. The second kappa shape index (κ2) is 15.3. The maximum Gasteiger partial charge on any atom is 0.305 e. The molecule has 2 aromatic carbocycles. The van der Waals surface area contributed by atoms with Crippen LogP contribution in [0.4, 0.5) is 0 Å². The zero-order valence-electron chi connectivity index (χ0n) is 23.0. The molecule has 8 heteroatoms. The smallest absolute Gasteiger partial charge is 0.305 e. The fourth-order valence-electron chi connectivity index (χ4n) is 5.17. The van der Waals surface area contributed by atoms with E-state index in [0.29, 0.717) is 32.4 Å². The van der Waals surface area contributed by atoms with E-state index in [2.05, 4.69) is 5.32 Å². The fourth-order valence-corrected chi connectivity index (χ4v) is 5.17. The predicted molar refractivity (Wildman–Crippen MR) is 151 cm³/mol. The van der Waals surface area contributed by atoms with Gasteiger partial charge in [0, 0.05) is 19.4 Å². The number of rotatable bonds is 7. The normalized spacial score (nSPS) is 22.5. The van der Waals surface area contributed by atoms with Crippen molar-refractivity contribution in [3.05, 3.63) is 83.4 Å². The van der Waals surface area contributed by atoms with Crippen molar-refractivity contribution < 1.29 is 29.0 Å². The van der Waals surface area contributed by atoms with Gasteiger partial charge in [0.2, 0.25) is 11.8 Å². The molecule has 0 fully saturated rings. The number of nitrogens with zero attached hydrogens (tertiary/aromatic N) is 1. The summed E-state index contributed by atoms with van der Waals surface area (Å²) in [5.41, 5.74) is 3.20. The van der Waals surface area contributed by atoms with Gasteiger partial charge < -0.3 is 24.8 Å². The highest BCUT2D eigenvalue weighted by Gasteiger charge is 2.32. The van der Waals surface area contributed by atoms with Crippen LogP contribution >= 0.6 is 0 Å². The summed E-state index contributed by atoms with van der Waals surface area (Å²) >= 11 is 0. The van der Waals surface area contributed by atoms with Gasteiger partial charge in [0.25, 0.3) is 0 Å². The van der Waals surface area contributed by atoms with Gasteiger partial charge in [-0.15, -0.1) is 0 Å². The van der Waals surface area contributed by atoms with E-state index in [1.54, 1.807) is 4.90 Å². The number of aliphatic hydroxyl groups excluding tert-OH is 1. The summed E-state index contributed by atoms with van der Waals surface area (Å²) in [5, 5.41) is 13.0. The molecule has 8 nitrogen and oxygen atoms in total. The lowest BCUT2D eigenvalue weighted by atomic mass is 9.92. The van der Waals surface area contributed by atoms with E-state index in [9.17, 15) is 19.5 Å². The van der Waals surface area contributed by atoms with E-state index >= 15 is 0 Å². The van der Waals surface area contributed by atoms with E-state index in [1.807, 2.05) is 66.7 Å². The second-order valence-corrected chi connectivity index (χ2v) is 10.6. The number of cyclic esters (lactones) is 1. The Morgan fingerprint density at radius 3 is 2.60 bits per heavy atom. The van der Waals surface area contributed by atoms with Crippen molar-refractivity contribution in [3.8, 4) is 0 Å². The zero-order chi connectivity index (χ0) is 28.2. The highest BCUT2D eigenvalue weighted by Crippen LogP contribution is 2.25. The number of benzene rings is 2. The van der Waals surface area contributed by atoms with Crippen molar-refractivity contribution >= 4 is 17.8 Å². The molecule has 2 amide bonds. The van der Waals surface area contributed by atoms with Gasteiger partial charge in [-0.05, 0) is 48.8 Å². The number of hydrogen-bond acceptors (Lipinski definition) is 6. The summed E-state index contributed by atoms with van der Waals surface area (Å²) in [7, 11) is 0. The molecule has 0 unspecified atom stereocenters. The maximum absolute atomic E-state index is 13.5. The van der Waals surface area contributed by atoms with Crippen LogP contribution in [0, 0.1) is 5.92 Å². The summed E-state index contributed by atoms with van der Waals surface area (Å²) < 4.78 is 11.3. The standard InChI is InChI=1S/C32H40N2O6/c35-20-29-17-25-13-9-10-15-27(25)19-34(29)30(36)18-26-14-7-2-1-3-8-16-31(37)40-23-28(33-32(26)38)22-39-21-24-11-5-4-6-12-24/h2,4-7,9-13,15,26,28-29,35H,1,3,8,14,16-23H2,(H,33,38)/t26-,28+,29+/m1/s1. The number of allylic oxidation sites excluding steroid dienone is 2. The Labute approximate surface area is 236 Å². The molecule has 0 radical (unpaired) electrons. The summed E-state index contributed by atoms with van der Waals surface area (Å²) in [4.78, 5) is 41.0. The molecule has 0 aromatic heterocycles. The van der Waals surface area contributed by atoms with Crippen molar-refractivity contribution in [2.75, 3.05) is 19.8 Å². The molecule has 2 N–H and O–H groups in total. The van der Waals surface area contributed by atoms with Gasteiger partial charge in [-0.1, -0.05) is 66.7 Å². The van der Waals surface area contributed by atoms with Gasteiger partial charge in [-0.2, -0.15) is 0 Å². The average Bonchev–Trinajstić information content (AvgIpc) is 2.97. The molecule has 2 aliphatic rings. The molecule has 2 heterocycles. The van der Waals surface area contributed by atoms with E-state index < -0.39 is 12.0 Å². The molecular formula is C32H40N2O6. The van der Waals surface area contributed by atoms with Crippen LogP contribution in [0.2, 0.25) is 0 Å². The van der Waals surface area contributed by atoms with Gasteiger partial charge in [0.15, 0.2) is 0 Å². The lowest BCUT2D eigenvalue weighted by Crippen LogP contribution is -2.49. The van der Waals surface area contributed by atoms with Crippen LogP contribution in [0.25, 0.3) is 0 Å². The second-order valence-electron chi connectivity index (χ2n) is 10.6. The van der Waals surface area contributed by atoms with Crippen LogP contribution in [-0.2, 0) is 43.4 Å². The number of fused-ring (bicyclic) bond motifs is 1. The fraction of sp³-hybridized carbons (Fsp3) is 0.469. The molecule has 0 saturated carbocycles. The molecule has 3 atom stereocenters. The topological polar surface area (TPSA) is 105 Å². The van der Waals surface area contributed by atoms with E-state index in [1.165, 1.54) is 0 Å². The van der Waals surface area contributed by atoms with Gasteiger partial charge in [0.05, 0.1) is 37.8 Å². The van der Waals surface area contributed by atoms with Gasteiger partial charge in [0.1, 0.15) is 6.61 Å². The summed E-state index contributed by atoms with van der Waals surface area (Å²) in [6.07, 6.45) is 7.69. The Morgan fingerprint density at radius 2 is 1.80 bits per heavy atom. The number of aliphatic hydroxyl groups is 1. The summed E-state index contributed by atoms with van der Waals surface area (Å²) in [5.74, 6) is -1.34. The number of nitrogens with one attached hydrogen (secondary N) is 1. The molecule has 4 rings (SSSR count). The molecule has 2 aliphatic heterocycles. The van der Waals surface area contributed by atoms with Crippen molar-refractivity contribution in [2.24, 2.45) is 5.92 Å². The first kappa shape index (κ1) is 29.5. The Balaban J connectivity index is 1.44. The molecule has 0 saturated heterocycles. The quantitative estimate of drug-likeness (QED) is 0.404. The van der Waals surface area contributed by atoms with Crippen LogP contribution in [0.15, 0.2) is 66.7 Å². The van der Waals surface area contributed by atoms with Crippen LogP contribution in [-0.4, -0.2) is 59.7 Å². The first-order valence-electron chi connectivity index (χ1n) is 14.2. The SMILES string of the molecule is O=C1CCCCC=CC[C@H](CC(=O)N2Cc3ccccc3C[C@H]2CO)C(=O)N[C@@H](COCc2ccccc2)CO1. The predicted octanol–water partition coefficient (Wildman–Crippen LogP) is 3.70. The molecule has 40 heavy (non-hydrogen) atoms. The van der Waals surface area contributed by atoms with Gasteiger partial charge >= 0.3 is 5.97 Å². The highest BCUT2D eigenvalue weighted by molar-refractivity contribution is 5.86. The third-order valence-electron chi connectivity index (χ3n) is 7.49. The first-order valence-corrected chi connectivity index (χ1v) is 14.2. The van der Waals surface area contributed by atoms with Crippen LogP contribution < -0.4 is 5.32 Å². The van der Waals surface area contributed by atoms with Crippen molar-refractivity contribution in [1.82, 2.24) is 10.2 Å². The van der Waals surface area contributed by atoms with Crippen LogP contribution in [0.5, 0.6) is 0 Å². The number of carbonyl (C=O) groups excluding carboxylic acids is 3. The largest absolute Gasteiger partial charge is 0.463 e. The van der Waals surface area contributed by atoms with Crippen molar-refractivity contribution in [1.29, 1.82) is 0 Å². The van der Waals surface area contributed by atoms with E-state index in [4.69, 9.17) is 9.47 Å². The number of hydrogen-bond donors (Lipinski definition) is 2. The highest BCUT2D eigenvalue weighted by atomic mass is 16.5. The minimum atomic E-state index is -0.601. The van der Waals surface area contributed by atoms with Crippen molar-refractivity contribution in [2.45, 2.75) is 70.2 Å². The molecule has 214 valence electrons. The van der Waals surface area contributed by atoms with E-state index in [-0.39, 0.29) is 50.1 Å². The number of esters is 1. The third-order valence-corrected chi connectivity index (χ3v) is 7.49. The average molecular weight is 549 g/mol.